The van der Waals surface area contributed by atoms with Crippen LogP contribution in [0.1, 0.15) is 41.4 Å². The molecule has 0 saturated heterocycles. The Morgan fingerprint density at radius 3 is 0.886 bits per heavy atom. The summed E-state index contributed by atoms with van der Waals surface area (Å²) in [5.74, 6) is -3.98. The summed E-state index contributed by atoms with van der Waals surface area (Å²) in [6.45, 7) is -1.32. The molecule has 0 heterocycles. The molecule has 0 aliphatic carbocycles. The molecule has 0 aromatic heterocycles. The van der Waals surface area contributed by atoms with Gasteiger partial charge in [-0.05, 0) is 97.1 Å². The fourth-order valence-corrected chi connectivity index (χ4v) is 3.72. The Kier molecular flexibility index (Phi) is 9.99. The Balaban J connectivity index is 1.61. The maximum Gasteiger partial charge on any atom is 0.338 e. The summed E-state index contributed by atoms with van der Waals surface area (Å²) in [6, 6.07) is 20.4. The molecule has 0 saturated carbocycles. The van der Waals surface area contributed by atoms with Crippen LogP contribution in [0.3, 0.4) is 0 Å². The monoisotopic (exact) mass is 602 g/mol. The molecule has 0 radical (unpaired) electrons. The van der Waals surface area contributed by atoms with E-state index in [9.17, 15) is 39.6 Å². The van der Waals surface area contributed by atoms with E-state index < -0.39 is 49.3 Å². The summed E-state index contributed by atoms with van der Waals surface area (Å²) < 4.78 is 21.8. The van der Waals surface area contributed by atoms with Crippen molar-refractivity contribution in [2.75, 3.05) is 13.2 Å². The van der Waals surface area contributed by atoms with E-state index in [2.05, 4.69) is 0 Å². The fourth-order valence-electron chi connectivity index (χ4n) is 3.72. The van der Waals surface area contributed by atoms with Crippen molar-refractivity contribution in [3.8, 4) is 23.0 Å². The van der Waals surface area contributed by atoms with E-state index in [0.717, 1.165) is 0 Å². The van der Waals surface area contributed by atoms with Crippen molar-refractivity contribution in [2.24, 2.45) is 0 Å². The molecule has 0 bridgehead atoms. The van der Waals surface area contributed by atoms with E-state index in [0.29, 0.717) is 0 Å². The molecule has 4 aromatic rings. The molecule has 2 atom stereocenters. The largest absolute Gasteiger partial charge is 0.508 e. The third-order valence-corrected chi connectivity index (χ3v) is 6.10. The van der Waals surface area contributed by atoms with Crippen LogP contribution < -0.4 is 0 Å². The highest BCUT2D eigenvalue weighted by atomic mass is 16.6. The lowest BCUT2D eigenvalue weighted by molar-refractivity contribution is -0.0752. The van der Waals surface area contributed by atoms with Crippen LogP contribution in [0.25, 0.3) is 0 Å². The quantitative estimate of drug-likeness (QED) is 0.143. The second-order valence-corrected chi connectivity index (χ2v) is 9.27. The highest BCUT2D eigenvalue weighted by Crippen LogP contribution is 2.19. The summed E-state index contributed by atoms with van der Waals surface area (Å²) in [4.78, 5) is 51.5. The first-order valence-corrected chi connectivity index (χ1v) is 13.0. The number of phenolic OH excluding ortho intramolecular Hbond substituents is 4. The maximum atomic E-state index is 13.0. The Bertz CT molecular complexity index is 1470. The minimum atomic E-state index is -1.52. The van der Waals surface area contributed by atoms with E-state index in [1.165, 1.54) is 97.1 Å². The minimum absolute atomic E-state index is 0.00219. The lowest BCUT2D eigenvalue weighted by Crippen LogP contribution is -2.42. The molecule has 0 unspecified atom stereocenters. The van der Waals surface area contributed by atoms with Crippen molar-refractivity contribution in [1.82, 2.24) is 0 Å². The Hall–Kier alpha value is -6.04. The van der Waals surface area contributed by atoms with Crippen LogP contribution in [0.2, 0.25) is 0 Å². The zero-order chi connectivity index (χ0) is 31.6. The smallest absolute Gasteiger partial charge is 0.338 e. The van der Waals surface area contributed by atoms with Gasteiger partial charge < -0.3 is 39.4 Å². The van der Waals surface area contributed by atoms with Crippen LogP contribution in [-0.2, 0) is 18.9 Å². The van der Waals surface area contributed by atoms with Crippen molar-refractivity contribution in [3.63, 3.8) is 0 Å². The topological polar surface area (TPSA) is 186 Å². The van der Waals surface area contributed by atoms with E-state index in [-0.39, 0.29) is 45.3 Å². The molecule has 44 heavy (non-hydrogen) atoms. The normalized spacial score (nSPS) is 11.9. The first kappa shape index (κ1) is 30.9. The van der Waals surface area contributed by atoms with E-state index >= 15 is 0 Å². The summed E-state index contributed by atoms with van der Waals surface area (Å²) >= 11 is 0. The first-order chi connectivity index (χ1) is 21.1. The number of carbonyl (C=O) groups is 4. The SMILES string of the molecule is O=C(OC[C@H](OC(=O)c1ccc(O)cc1)[C@@H](COC(=O)c1ccc(O)cc1)OC(=O)c1ccc(O)cc1)c1ccc(O)cc1. The Morgan fingerprint density at radius 2 is 0.636 bits per heavy atom. The summed E-state index contributed by atoms with van der Waals surface area (Å²) in [5.41, 5.74) is 0.121. The van der Waals surface area contributed by atoms with E-state index in [1.807, 2.05) is 0 Å². The second-order valence-electron chi connectivity index (χ2n) is 9.27. The lowest BCUT2D eigenvalue weighted by Gasteiger charge is -2.26. The van der Waals surface area contributed by atoms with E-state index in [4.69, 9.17) is 18.9 Å². The highest BCUT2D eigenvalue weighted by molar-refractivity contribution is 5.92. The van der Waals surface area contributed by atoms with Crippen molar-refractivity contribution in [3.05, 3.63) is 119 Å². The zero-order valence-electron chi connectivity index (χ0n) is 22.9. The third kappa shape index (κ3) is 8.49. The average molecular weight is 603 g/mol. The van der Waals surface area contributed by atoms with E-state index in [1.54, 1.807) is 0 Å². The number of hydrogen-bond donors (Lipinski definition) is 4. The number of hydrogen-bond acceptors (Lipinski definition) is 12. The van der Waals surface area contributed by atoms with Gasteiger partial charge in [0.15, 0.2) is 12.2 Å². The van der Waals surface area contributed by atoms with Crippen molar-refractivity contribution < 1.29 is 58.6 Å². The number of ether oxygens (including phenoxy) is 4. The van der Waals surface area contributed by atoms with Crippen molar-refractivity contribution in [1.29, 1.82) is 0 Å². The number of aromatic hydroxyl groups is 4. The van der Waals surface area contributed by atoms with Gasteiger partial charge in [0.25, 0.3) is 0 Å². The molecule has 0 amide bonds. The van der Waals surface area contributed by atoms with Gasteiger partial charge in [-0.1, -0.05) is 0 Å². The molecular formula is C32H26O12. The van der Waals surface area contributed by atoms with Gasteiger partial charge in [0.1, 0.15) is 36.2 Å². The molecule has 226 valence electrons. The van der Waals surface area contributed by atoms with Gasteiger partial charge in [-0.15, -0.1) is 0 Å². The maximum absolute atomic E-state index is 13.0. The summed E-state index contributed by atoms with van der Waals surface area (Å²) in [7, 11) is 0. The number of carbonyl (C=O) groups excluding carboxylic acids is 4. The van der Waals surface area contributed by atoms with Gasteiger partial charge in [0, 0.05) is 0 Å². The first-order valence-electron chi connectivity index (χ1n) is 13.0. The lowest BCUT2D eigenvalue weighted by atomic mass is 10.1. The average Bonchev–Trinajstić information content (AvgIpc) is 3.02. The highest BCUT2D eigenvalue weighted by Gasteiger charge is 2.33. The third-order valence-electron chi connectivity index (χ3n) is 6.10. The standard InChI is InChI=1S/C32H26O12/c33-23-9-1-19(2-10-23)29(37)41-17-27(43-31(39)21-5-13-25(35)14-6-21)28(44-32(40)22-7-15-26(36)16-8-22)18-42-30(38)20-3-11-24(34)12-4-20/h1-16,27-28,33-36H,17-18H2/t27-,28+. The molecule has 0 fully saturated rings. The number of esters is 4. The molecule has 4 N–H and O–H groups in total. The van der Waals surface area contributed by atoms with Crippen LogP contribution in [0.5, 0.6) is 23.0 Å². The van der Waals surface area contributed by atoms with Gasteiger partial charge in [-0.2, -0.15) is 0 Å². The summed E-state index contributed by atoms with van der Waals surface area (Å²) in [5, 5.41) is 38.2. The molecule has 0 aliphatic rings. The van der Waals surface area contributed by atoms with Gasteiger partial charge >= 0.3 is 23.9 Å². The minimum Gasteiger partial charge on any atom is -0.508 e. The van der Waals surface area contributed by atoms with Crippen LogP contribution in [0.4, 0.5) is 0 Å². The molecular weight excluding hydrogens is 576 g/mol. The number of phenols is 4. The molecule has 12 nitrogen and oxygen atoms in total. The zero-order valence-corrected chi connectivity index (χ0v) is 22.9. The molecule has 0 aliphatic heterocycles. The van der Waals surface area contributed by atoms with Crippen molar-refractivity contribution >= 4 is 23.9 Å². The van der Waals surface area contributed by atoms with Crippen LogP contribution >= 0.6 is 0 Å². The van der Waals surface area contributed by atoms with Crippen LogP contribution in [0, 0.1) is 0 Å². The van der Waals surface area contributed by atoms with Crippen LogP contribution in [-0.4, -0.2) is 69.7 Å². The van der Waals surface area contributed by atoms with Crippen molar-refractivity contribution in [2.45, 2.75) is 12.2 Å². The molecule has 0 spiro atoms. The molecule has 12 heteroatoms. The van der Waals surface area contributed by atoms with Gasteiger partial charge in [0.2, 0.25) is 0 Å². The predicted molar refractivity (Wildman–Crippen MR) is 151 cm³/mol. The number of rotatable bonds is 11. The number of benzene rings is 4. The molecule has 4 aromatic carbocycles. The second kappa shape index (κ2) is 14.2. The van der Waals surface area contributed by atoms with Gasteiger partial charge in [-0.3, -0.25) is 0 Å². The Labute approximate surface area is 250 Å². The molecule has 4 rings (SSSR count). The summed E-state index contributed by atoms with van der Waals surface area (Å²) in [6.07, 6.45) is -3.04. The van der Waals surface area contributed by atoms with Crippen LogP contribution in [0.15, 0.2) is 97.1 Å². The fraction of sp³-hybridized carbons (Fsp3) is 0.125. The van der Waals surface area contributed by atoms with Gasteiger partial charge in [-0.25, -0.2) is 19.2 Å². The predicted octanol–water partition coefficient (Wildman–Crippen LogP) is 3.97. The Morgan fingerprint density at radius 1 is 0.409 bits per heavy atom. The van der Waals surface area contributed by atoms with Gasteiger partial charge in [0.05, 0.1) is 22.3 Å².